The molecule has 0 aliphatic carbocycles. The number of hydrazine groups is 1. The maximum absolute atomic E-state index is 12.4. The van der Waals surface area contributed by atoms with Crippen LogP contribution in [0.5, 0.6) is 0 Å². The molecule has 18 heavy (non-hydrogen) atoms. The van der Waals surface area contributed by atoms with Gasteiger partial charge in [-0.1, -0.05) is 6.92 Å². The monoisotopic (exact) mass is 254 g/mol. The van der Waals surface area contributed by atoms with Crippen LogP contribution in [0, 0.1) is 11.3 Å². The van der Waals surface area contributed by atoms with E-state index in [9.17, 15) is 4.79 Å². The molecule has 2 aliphatic rings. The van der Waals surface area contributed by atoms with Crippen LogP contribution in [0.2, 0.25) is 0 Å². The van der Waals surface area contributed by atoms with E-state index in [-0.39, 0.29) is 11.3 Å². The molecule has 5 nitrogen and oxygen atoms in total. The standard InChI is InChI=1S/C13H26N4O/c1-13(10-14)4-8-16(9-5-13)12(18)11-2-6-17(15)7-3-11/h11H,2-10,14-15H2,1H3. The predicted octanol–water partition coefficient (Wildman–Crippen LogP) is 0.160. The van der Waals surface area contributed by atoms with Crippen LogP contribution >= 0.6 is 0 Å². The first-order chi connectivity index (χ1) is 8.54. The van der Waals surface area contributed by atoms with E-state index in [0.717, 1.165) is 58.4 Å². The van der Waals surface area contributed by atoms with E-state index in [2.05, 4.69) is 6.92 Å². The number of nitrogens with zero attached hydrogens (tertiary/aromatic N) is 2. The number of rotatable bonds is 2. The van der Waals surface area contributed by atoms with Crippen molar-refractivity contribution in [3.05, 3.63) is 0 Å². The molecule has 0 unspecified atom stereocenters. The topological polar surface area (TPSA) is 75.6 Å². The van der Waals surface area contributed by atoms with Crippen molar-refractivity contribution in [2.75, 3.05) is 32.7 Å². The van der Waals surface area contributed by atoms with Crippen LogP contribution in [0.1, 0.15) is 32.6 Å². The maximum Gasteiger partial charge on any atom is 0.225 e. The molecule has 0 aromatic heterocycles. The lowest BCUT2D eigenvalue weighted by atomic mass is 9.80. The zero-order valence-electron chi connectivity index (χ0n) is 11.4. The quantitative estimate of drug-likeness (QED) is 0.688. The highest BCUT2D eigenvalue weighted by Gasteiger charge is 2.34. The van der Waals surface area contributed by atoms with Crippen molar-refractivity contribution in [3.8, 4) is 0 Å². The lowest BCUT2D eigenvalue weighted by molar-refractivity contribution is -0.139. The van der Waals surface area contributed by atoms with Gasteiger partial charge in [0.1, 0.15) is 0 Å². The van der Waals surface area contributed by atoms with Crippen molar-refractivity contribution in [2.24, 2.45) is 22.9 Å². The smallest absolute Gasteiger partial charge is 0.225 e. The average molecular weight is 254 g/mol. The van der Waals surface area contributed by atoms with Crippen molar-refractivity contribution in [1.29, 1.82) is 0 Å². The Labute approximate surface area is 109 Å². The van der Waals surface area contributed by atoms with Crippen LogP contribution in [0.4, 0.5) is 0 Å². The first kappa shape index (κ1) is 13.8. The van der Waals surface area contributed by atoms with E-state index in [1.54, 1.807) is 0 Å². The average Bonchev–Trinajstić information content (AvgIpc) is 2.40. The predicted molar refractivity (Wildman–Crippen MR) is 71.5 cm³/mol. The Balaban J connectivity index is 1.84. The van der Waals surface area contributed by atoms with Gasteiger partial charge in [0.05, 0.1) is 0 Å². The van der Waals surface area contributed by atoms with Crippen molar-refractivity contribution < 1.29 is 4.79 Å². The molecule has 0 aromatic carbocycles. The third-order valence-electron chi connectivity index (χ3n) is 4.65. The van der Waals surface area contributed by atoms with Crippen LogP contribution in [0.15, 0.2) is 0 Å². The number of likely N-dealkylation sites (tertiary alicyclic amines) is 1. The van der Waals surface area contributed by atoms with Crippen molar-refractivity contribution in [1.82, 2.24) is 9.91 Å². The lowest BCUT2D eigenvalue weighted by Crippen LogP contribution is -2.49. The Bertz CT molecular complexity index is 291. The highest BCUT2D eigenvalue weighted by atomic mass is 16.2. The van der Waals surface area contributed by atoms with Crippen LogP contribution in [0.3, 0.4) is 0 Å². The SMILES string of the molecule is CC1(CN)CCN(C(=O)C2CCN(N)CC2)CC1. The number of nitrogens with two attached hydrogens (primary N) is 2. The zero-order valence-corrected chi connectivity index (χ0v) is 11.4. The Kier molecular flexibility index (Phi) is 4.25. The Hall–Kier alpha value is -0.650. The summed E-state index contributed by atoms with van der Waals surface area (Å²) in [6.07, 6.45) is 3.87. The number of amides is 1. The van der Waals surface area contributed by atoms with Crippen molar-refractivity contribution >= 4 is 5.91 Å². The molecule has 0 radical (unpaired) electrons. The lowest BCUT2D eigenvalue weighted by Gasteiger charge is -2.40. The van der Waals surface area contributed by atoms with E-state index < -0.39 is 0 Å². The van der Waals surface area contributed by atoms with Gasteiger partial charge >= 0.3 is 0 Å². The fourth-order valence-corrected chi connectivity index (χ4v) is 2.88. The van der Waals surface area contributed by atoms with E-state index in [4.69, 9.17) is 11.6 Å². The largest absolute Gasteiger partial charge is 0.342 e. The second kappa shape index (κ2) is 5.55. The highest BCUT2D eigenvalue weighted by molar-refractivity contribution is 5.79. The number of piperidine rings is 2. The second-order valence-electron chi connectivity index (χ2n) is 6.15. The molecule has 0 aromatic rings. The summed E-state index contributed by atoms with van der Waals surface area (Å²) in [6, 6.07) is 0. The summed E-state index contributed by atoms with van der Waals surface area (Å²) >= 11 is 0. The molecule has 5 heteroatoms. The van der Waals surface area contributed by atoms with Crippen molar-refractivity contribution in [3.63, 3.8) is 0 Å². The van der Waals surface area contributed by atoms with Crippen LogP contribution < -0.4 is 11.6 Å². The Morgan fingerprint density at radius 1 is 1.22 bits per heavy atom. The van der Waals surface area contributed by atoms with Gasteiger partial charge in [-0.15, -0.1) is 0 Å². The molecule has 2 rings (SSSR count). The molecular formula is C13H26N4O. The molecule has 1 amide bonds. The molecule has 2 fully saturated rings. The second-order valence-corrected chi connectivity index (χ2v) is 6.15. The van der Waals surface area contributed by atoms with Gasteiger partial charge in [0.25, 0.3) is 0 Å². The zero-order chi connectivity index (χ0) is 13.2. The van der Waals surface area contributed by atoms with Crippen LogP contribution in [0.25, 0.3) is 0 Å². The van der Waals surface area contributed by atoms with E-state index in [1.165, 1.54) is 0 Å². The summed E-state index contributed by atoms with van der Waals surface area (Å²) in [7, 11) is 0. The number of hydrogen-bond acceptors (Lipinski definition) is 4. The van der Waals surface area contributed by atoms with Gasteiger partial charge in [0.2, 0.25) is 5.91 Å². The third-order valence-corrected chi connectivity index (χ3v) is 4.65. The Morgan fingerprint density at radius 3 is 2.28 bits per heavy atom. The van der Waals surface area contributed by atoms with E-state index in [1.807, 2.05) is 9.91 Å². The molecule has 2 saturated heterocycles. The molecule has 4 N–H and O–H groups in total. The van der Waals surface area contributed by atoms with Crippen molar-refractivity contribution in [2.45, 2.75) is 32.6 Å². The summed E-state index contributed by atoms with van der Waals surface area (Å²) in [5.74, 6) is 6.25. The number of hydrogen-bond donors (Lipinski definition) is 2. The molecule has 104 valence electrons. The highest BCUT2D eigenvalue weighted by Crippen LogP contribution is 2.30. The van der Waals surface area contributed by atoms with Gasteiger partial charge in [-0.05, 0) is 37.6 Å². The normalized spacial score (nSPS) is 26.3. The molecule has 0 spiro atoms. The third kappa shape index (κ3) is 3.02. The first-order valence-electron chi connectivity index (χ1n) is 7.02. The van der Waals surface area contributed by atoms with E-state index >= 15 is 0 Å². The molecule has 0 atom stereocenters. The molecule has 2 aliphatic heterocycles. The Morgan fingerprint density at radius 2 is 1.78 bits per heavy atom. The minimum absolute atomic E-state index is 0.187. The van der Waals surface area contributed by atoms with Gasteiger partial charge in [0, 0.05) is 32.1 Å². The minimum atomic E-state index is 0.187. The number of carbonyl (C=O) groups excluding carboxylic acids is 1. The summed E-state index contributed by atoms with van der Waals surface area (Å²) < 4.78 is 0. The maximum atomic E-state index is 12.4. The summed E-state index contributed by atoms with van der Waals surface area (Å²) in [4.78, 5) is 14.4. The summed E-state index contributed by atoms with van der Waals surface area (Å²) in [6.45, 7) is 6.36. The molecule has 2 heterocycles. The van der Waals surface area contributed by atoms with E-state index in [0.29, 0.717) is 5.91 Å². The number of carbonyl (C=O) groups is 1. The van der Waals surface area contributed by atoms with Gasteiger partial charge < -0.3 is 10.6 Å². The van der Waals surface area contributed by atoms with Gasteiger partial charge in [-0.25, -0.2) is 5.01 Å². The summed E-state index contributed by atoms with van der Waals surface area (Å²) in [5.41, 5.74) is 6.03. The molecular weight excluding hydrogens is 228 g/mol. The minimum Gasteiger partial charge on any atom is -0.342 e. The van der Waals surface area contributed by atoms with Crippen LogP contribution in [-0.2, 0) is 4.79 Å². The fraction of sp³-hybridized carbons (Fsp3) is 0.923. The first-order valence-corrected chi connectivity index (χ1v) is 7.02. The van der Waals surface area contributed by atoms with Gasteiger partial charge in [-0.3, -0.25) is 10.6 Å². The summed E-state index contributed by atoms with van der Waals surface area (Å²) in [5, 5.41) is 1.81. The molecule has 0 bridgehead atoms. The van der Waals surface area contributed by atoms with Gasteiger partial charge in [0.15, 0.2) is 0 Å². The molecule has 0 saturated carbocycles. The van der Waals surface area contributed by atoms with Crippen LogP contribution in [-0.4, -0.2) is 48.5 Å². The fourth-order valence-electron chi connectivity index (χ4n) is 2.88. The van der Waals surface area contributed by atoms with Gasteiger partial charge in [-0.2, -0.15) is 0 Å².